The molecular weight excluding hydrogens is 328 g/mol. The van der Waals surface area contributed by atoms with Gasteiger partial charge in [0, 0.05) is 13.0 Å². The molecular formula is C16H14N4O3S. The highest BCUT2D eigenvalue weighted by Crippen LogP contribution is 2.29. The van der Waals surface area contributed by atoms with Gasteiger partial charge in [0.1, 0.15) is 5.25 Å². The van der Waals surface area contributed by atoms with Crippen LogP contribution in [0.25, 0.3) is 16.7 Å². The molecule has 0 N–H and O–H groups in total. The Morgan fingerprint density at radius 1 is 1.33 bits per heavy atom. The smallest absolute Gasteiger partial charge is 0.319 e. The number of cyclic esters (lactones) is 1. The Balaban J connectivity index is 1.98. The van der Waals surface area contributed by atoms with E-state index in [1.807, 2.05) is 22.6 Å². The highest BCUT2D eigenvalue weighted by Gasteiger charge is 2.30. The number of carbonyl (C=O) groups excluding carboxylic acids is 1. The zero-order valence-corrected chi connectivity index (χ0v) is 13.5. The van der Waals surface area contributed by atoms with Crippen LogP contribution in [-0.4, -0.2) is 37.0 Å². The molecule has 4 rings (SSSR count). The minimum absolute atomic E-state index is 0.137. The molecule has 24 heavy (non-hydrogen) atoms. The Kier molecular flexibility index (Phi) is 3.61. The molecule has 1 aromatic carbocycles. The summed E-state index contributed by atoms with van der Waals surface area (Å²) in [4.78, 5) is 24.4. The maximum absolute atomic E-state index is 12.7. The number of rotatable bonds is 4. The molecule has 8 heteroatoms. The van der Waals surface area contributed by atoms with Gasteiger partial charge in [-0.05, 0) is 12.1 Å². The normalized spacial score (nSPS) is 17.5. The second-order valence-corrected chi connectivity index (χ2v) is 6.57. The zero-order valence-electron chi connectivity index (χ0n) is 12.7. The van der Waals surface area contributed by atoms with Crippen molar-refractivity contribution in [2.24, 2.45) is 0 Å². The van der Waals surface area contributed by atoms with Gasteiger partial charge in [-0.3, -0.25) is 18.6 Å². The molecule has 2 aromatic heterocycles. The van der Waals surface area contributed by atoms with Gasteiger partial charge in [-0.25, -0.2) is 0 Å². The Hall–Kier alpha value is -2.61. The van der Waals surface area contributed by atoms with Crippen LogP contribution in [0.3, 0.4) is 0 Å². The number of hydrogen-bond donors (Lipinski definition) is 0. The largest absolute Gasteiger partial charge is 0.465 e. The van der Waals surface area contributed by atoms with E-state index < -0.39 is 0 Å². The van der Waals surface area contributed by atoms with Crippen LogP contribution in [0.2, 0.25) is 0 Å². The van der Waals surface area contributed by atoms with Crippen molar-refractivity contribution in [3.8, 4) is 0 Å². The molecule has 1 atom stereocenters. The standard InChI is InChI=1S/C16H14N4O3S/c1-2-8-19-13(21)10-5-3-4-6-11(10)20-15(19)17-18-16(20)24-12-7-9-23-14(12)22/h2-6,12H,1,7-9H2/t12-/m0/s1. The van der Waals surface area contributed by atoms with Crippen molar-refractivity contribution in [2.75, 3.05) is 6.61 Å². The SMILES string of the molecule is C=CCn1c(=O)c2ccccc2n2c(S[C@H]3CCOC3=O)nnc12. The van der Waals surface area contributed by atoms with Crippen LogP contribution < -0.4 is 5.56 Å². The Morgan fingerprint density at radius 3 is 2.92 bits per heavy atom. The number of para-hydroxylation sites is 1. The number of benzene rings is 1. The molecule has 3 aromatic rings. The van der Waals surface area contributed by atoms with Crippen LogP contribution in [-0.2, 0) is 16.1 Å². The molecule has 1 saturated heterocycles. The van der Waals surface area contributed by atoms with Crippen LogP contribution >= 0.6 is 11.8 Å². The molecule has 0 saturated carbocycles. The molecule has 0 unspecified atom stereocenters. The van der Waals surface area contributed by atoms with Crippen molar-refractivity contribution in [1.82, 2.24) is 19.2 Å². The fraction of sp³-hybridized carbons (Fsp3) is 0.250. The zero-order chi connectivity index (χ0) is 16.7. The van der Waals surface area contributed by atoms with Crippen molar-refractivity contribution < 1.29 is 9.53 Å². The second-order valence-electron chi connectivity index (χ2n) is 5.40. The Morgan fingerprint density at radius 2 is 2.17 bits per heavy atom. The van der Waals surface area contributed by atoms with E-state index in [2.05, 4.69) is 16.8 Å². The summed E-state index contributed by atoms with van der Waals surface area (Å²) in [6, 6.07) is 7.30. The molecule has 0 bridgehead atoms. The van der Waals surface area contributed by atoms with Gasteiger partial charge in [0.25, 0.3) is 5.56 Å². The molecule has 7 nitrogen and oxygen atoms in total. The lowest BCUT2D eigenvalue weighted by Gasteiger charge is -2.10. The first-order valence-electron chi connectivity index (χ1n) is 7.51. The topological polar surface area (TPSA) is 78.5 Å². The highest BCUT2D eigenvalue weighted by molar-refractivity contribution is 8.00. The third kappa shape index (κ3) is 2.22. The molecule has 122 valence electrons. The van der Waals surface area contributed by atoms with Crippen LogP contribution in [0.5, 0.6) is 0 Å². The number of esters is 1. The Labute approximate surface area is 140 Å². The van der Waals surface area contributed by atoms with E-state index in [1.54, 1.807) is 12.1 Å². The quantitative estimate of drug-likeness (QED) is 0.530. The number of carbonyl (C=O) groups is 1. The summed E-state index contributed by atoms with van der Waals surface area (Å²) in [6.07, 6.45) is 2.29. The van der Waals surface area contributed by atoms with Gasteiger partial charge in [-0.2, -0.15) is 0 Å². The molecule has 0 amide bonds. The maximum Gasteiger partial charge on any atom is 0.319 e. The fourth-order valence-electron chi connectivity index (χ4n) is 2.82. The fourth-order valence-corrected chi connectivity index (χ4v) is 3.82. The van der Waals surface area contributed by atoms with E-state index in [1.165, 1.54) is 16.3 Å². The number of hydrogen-bond acceptors (Lipinski definition) is 6. The first-order valence-corrected chi connectivity index (χ1v) is 8.39. The summed E-state index contributed by atoms with van der Waals surface area (Å²) >= 11 is 1.32. The van der Waals surface area contributed by atoms with E-state index >= 15 is 0 Å². The third-order valence-electron chi connectivity index (χ3n) is 3.92. The lowest BCUT2D eigenvalue weighted by atomic mass is 10.2. The van der Waals surface area contributed by atoms with Gasteiger partial charge >= 0.3 is 5.97 Å². The van der Waals surface area contributed by atoms with E-state index in [9.17, 15) is 9.59 Å². The average Bonchev–Trinajstić information content (AvgIpc) is 3.19. The summed E-state index contributed by atoms with van der Waals surface area (Å²) in [5, 5.41) is 9.22. The monoisotopic (exact) mass is 342 g/mol. The first kappa shape index (κ1) is 14.9. The summed E-state index contributed by atoms with van der Waals surface area (Å²) in [5.41, 5.74) is 0.582. The predicted molar refractivity (Wildman–Crippen MR) is 90.2 cm³/mol. The number of ether oxygens (including phenoxy) is 1. The van der Waals surface area contributed by atoms with Crippen molar-refractivity contribution in [1.29, 1.82) is 0 Å². The molecule has 1 aliphatic rings. The van der Waals surface area contributed by atoms with Gasteiger partial charge in [-0.15, -0.1) is 16.8 Å². The summed E-state index contributed by atoms with van der Waals surface area (Å²) in [7, 11) is 0. The third-order valence-corrected chi connectivity index (χ3v) is 5.11. The average molecular weight is 342 g/mol. The predicted octanol–water partition coefficient (Wildman–Crippen LogP) is 1.64. The van der Waals surface area contributed by atoms with Crippen LogP contribution in [0.1, 0.15) is 6.42 Å². The van der Waals surface area contributed by atoms with E-state index in [0.29, 0.717) is 35.9 Å². The molecule has 1 fully saturated rings. The summed E-state index contributed by atoms with van der Waals surface area (Å²) in [6.45, 7) is 4.46. The number of nitrogens with zero attached hydrogens (tertiary/aromatic N) is 4. The van der Waals surface area contributed by atoms with Crippen molar-refractivity contribution in [3.05, 3.63) is 47.3 Å². The van der Waals surface area contributed by atoms with E-state index in [4.69, 9.17) is 4.74 Å². The van der Waals surface area contributed by atoms with Gasteiger partial charge in [-0.1, -0.05) is 30.0 Å². The second kappa shape index (κ2) is 5.79. The van der Waals surface area contributed by atoms with E-state index in [0.717, 1.165) is 5.52 Å². The number of allylic oxidation sites excluding steroid dienone is 1. The van der Waals surface area contributed by atoms with Crippen molar-refractivity contribution in [2.45, 2.75) is 23.4 Å². The Bertz CT molecular complexity index is 1020. The molecule has 0 spiro atoms. The van der Waals surface area contributed by atoms with Crippen LogP contribution in [0.4, 0.5) is 0 Å². The highest BCUT2D eigenvalue weighted by atomic mass is 32.2. The minimum Gasteiger partial charge on any atom is -0.465 e. The van der Waals surface area contributed by atoms with Gasteiger partial charge in [0.15, 0.2) is 5.16 Å². The minimum atomic E-state index is -0.295. The van der Waals surface area contributed by atoms with Crippen LogP contribution in [0, 0.1) is 0 Å². The lowest BCUT2D eigenvalue weighted by molar-refractivity contribution is -0.137. The van der Waals surface area contributed by atoms with Gasteiger partial charge < -0.3 is 4.74 Å². The molecule has 0 radical (unpaired) electrons. The van der Waals surface area contributed by atoms with Gasteiger partial charge in [0.2, 0.25) is 5.78 Å². The number of aromatic nitrogens is 4. The molecule has 1 aliphatic heterocycles. The van der Waals surface area contributed by atoms with Crippen molar-refractivity contribution >= 4 is 34.4 Å². The van der Waals surface area contributed by atoms with Crippen LogP contribution in [0.15, 0.2) is 46.9 Å². The molecule has 3 heterocycles. The first-order chi connectivity index (χ1) is 11.7. The van der Waals surface area contributed by atoms with Crippen molar-refractivity contribution in [3.63, 3.8) is 0 Å². The summed E-state index contributed by atoms with van der Waals surface area (Å²) in [5.74, 6) is 0.202. The van der Waals surface area contributed by atoms with E-state index in [-0.39, 0.29) is 16.8 Å². The molecule has 0 aliphatic carbocycles. The maximum atomic E-state index is 12.7. The number of fused-ring (bicyclic) bond motifs is 3. The number of thioether (sulfide) groups is 1. The van der Waals surface area contributed by atoms with Gasteiger partial charge in [0.05, 0.1) is 17.5 Å². The summed E-state index contributed by atoms with van der Waals surface area (Å²) < 4.78 is 8.35. The lowest BCUT2D eigenvalue weighted by Crippen LogP contribution is -2.23.